The van der Waals surface area contributed by atoms with Crippen molar-refractivity contribution in [3.05, 3.63) is 23.2 Å². The molecular formula is C15H22ClN3O3. The first-order valence-electron chi connectivity index (χ1n) is 7.05. The monoisotopic (exact) mass is 327 g/mol. The summed E-state index contributed by atoms with van der Waals surface area (Å²) in [5.74, 6) is 0.237. The topological polar surface area (TPSA) is 70.7 Å². The summed E-state index contributed by atoms with van der Waals surface area (Å²) in [4.78, 5) is 25.1. The lowest BCUT2D eigenvalue weighted by molar-refractivity contribution is -0.122. The maximum atomic E-state index is 11.9. The molecule has 0 aromatic heterocycles. The molecule has 0 unspecified atom stereocenters. The predicted octanol–water partition coefficient (Wildman–Crippen LogP) is 1.75. The predicted molar refractivity (Wildman–Crippen MR) is 87.4 cm³/mol. The number of carbonyl (C=O) groups excluding carboxylic acids is 2. The van der Waals surface area contributed by atoms with Crippen LogP contribution >= 0.6 is 11.6 Å². The summed E-state index contributed by atoms with van der Waals surface area (Å²) in [5.41, 5.74) is 0.583. The van der Waals surface area contributed by atoms with Gasteiger partial charge in [-0.1, -0.05) is 18.5 Å². The van der Waals surface area contributed by atoms with Gasteiger partial charge in [-0.3, -0.25) is 14.5 Å². The Balaban J connectivity index is 2.45. The van der Waals surface area contributed by atoms with Gasteiger partial charge >= 0.3 is 0 Å². The second-order valence-corrected chi connectivity index (χ2v) is 5.33. The molecule has 0 bridgehead atoms. The van der Waals surface area contributed by atoms with E-state index >= 15 is 0 Å². The van der Waals surface area contributed by atoms with E-state index in [2.05, 4.69) is 10.6 Å². The smallest absolute Gasteiger partial charge is 0.238 e. The lowest BCUT2D eigenvalue weighted by Gasteiger charge is -2.16. The third-order valence-electron chi connectivity index (χ3n) is 2.83. The summed E-state index contributed by atoms with van der Waals surface area (Å²) in [6.45, 7) is 2.92. The van der Waals surface area contributed by atoms with Crippen molar-refractivity contribution in [3.63, 3.8) is 0 Å². The van der Waals surface area contributed by atoms with Gasteiger partial charge in [0.1, 0.15) is 5.75 Å². The standard InChI is InChI=1S/C15H22ClN3O3/c1-4-7-17-14(20)9-19(2)10-15(21)18-11-5-6-13(22-3)12(16)8-11/h5-6,8H,4,7,9-10H2,1-3H3,(H,17,20)(H,18,21). The van der Waals surface area contributed by atoms with E-state index in [0.29, 0.717) is 23.0 Å². The van der Waals surface area contributed by atoms with E-state index in [1.54, 1.807) is 30.1 Å². The molecule has 0 radical (unpaired) electrons. The largest absolute Gasteiger partial charge is 0.495 e. The van der Waals surface area contributed by atoms with Gasteiger partial charge in [0.25, 0.3) is 0 Å². The number of amides is 2. The average molecular weight is 328 g/mol. The maximum Gasteiger partial charge on any atom is 0.238 e. The van der Waals surface area contributed by atoms with Gasteiger partial charge in [0.2, 0.25) is 11.8 Å². The van der Waals surface area contributed by atoms with Crippen LogP contribution in [0.5, 0.6) is 5.75 Å². The molecule has 0 aliphatic rings. The van der Waals surface area contributed by atoms with Crippen molar-refractivity contribution in [2.24, 2.45) is 0 Å². The molecule has 1 rings (SSSR count). The summed E-state index contributed by atoms with van der Waals surface area (Å²) in [6, 6.07) is 5.00. The molecule has 6 nitrogen and oxygen atoms in total. The molecule has 22 heavy (non-hydrogen) atoms. The molecule has 0 saturated heterocycles. The number of anilines is 1. The van der Waals surface area contributed by atoms with E-state index < -0.39 is 0 Å². The Kier molecular flexibility index (Phi) is 7.70. The lowest BCUT2D eigenvalue weighted by atomic mass is 10.3. The second-order valence-electron chi connectivity index (χ2n) is 4.92. The number of hydrogen-bond donors (Lipinski definition) is 2. The van der Waals surface area contributed by atoms with Crippen molar-refractivity contribution in [2.75, 3.05) is 39.1 Å². The van der Waals surface area contributed by atoms with E-state index in [1.165, 1.54) is 7.11 Å². The van der Waals surface area contributed by atoms with Crippen LogP contribution in [0.3, 0.4) is 0 Å². The van der Waals surface area contributed by atoms with Crippen molar-refractivity contribution in [2.45, 2.75) is 13.3 Å². The zero-order valence-electron chi connectivity index (χ0n) is 13.1. The quantitative estimate of drug-likeness (QED) is 0.763. The molecule has 0 aliphatic heterocycles. The van der Waals surface area contributed by atoms with Crippen molar-refractivity contribution in [3.8, 4) is 5.75 Å². The summed E-state index contributed by atoms with van der Waals surface area (Å²) < 4.78 is 5.05. The summed E-state index contributed by atoms with van der Waals surface area (Å²) in [5, 5.41) is 5.92. The highest BCUT2D eigenvalue weighted by Gasteiger charge is 2.11. The Morgan fingerprint density at radius 1 is 1.27 bits per heavy atom. The zero-order chi connectivity index (χ0) is 16.5. The van der Waals surface area contributed by atoms with Crippen molar-refractivity contribution in [1.29, 1.82) is 0 Å². The number of rotatable bonds is 8. The normalized spacial score (nSPS) is 10.4. The van der Waals surface area contributed by atoms with Crippen LogP contribution in [0.1, 0.15) is 13.3 Å². The van der Waals surface area contributed by atoms with Gasteiger partial charge in [0.05, 0.1) is 25.2 Å². The van der Waals surface area contributed by atoms with Gasteiger partial charge in [-0.25, -0.2) is 0 Å². The van der Waals surface area contributed by atoms with Crippen LogP contribution in [-0.2, 0) is 9.59 Å². The molecule has 2 N–H and O–H groups in total. The number of benzene rings is 1. The number of likely N-dealkylation sites (N-methyl/N-ethyl adjacent to an activating group) is 1. The highest BCUT2D eigenvalue weighted by molar-refractivity contribution is 6.32. The van der Waals surface area contributed by atoms with Crippen LogP contribution < -0.4 is 15.4 Å². The number of methoxy groups -OCH3 is 1. The molecule has 0 heterocycles. The van der Waals surface area contributed by atoms with E-state index in [4.69, 9.17) is 16.3 Å². The highest BCUT2D eigenvalue weighted by Crippen LogP contribution is 2.27. The average Bonchev–Trinajstić information content (AvgIpc) is 2.44. The fraction of sp³-hybridized carbons (Fsp3) is 0.467. The van der Waals surface area contributed by atoms with Crippen LogP contribution in [0.2, 0.25) is 5.02 Å². The molecule has 0 spiro atoms. The third kappa shape index (κ3) is 6.32. The van der Waals surface area contributed by atoms with Crippen LogP contribution in [0.15, 0.2) is 18.2 Å². The van der Waals surface area contributed by atoms with Crippen molar-refractivity contribution >= 4 is 29.1 Å². The van der Waals surface area contributed by atoms with E-state index in [1.807, 2.05) is 6.92 Å². The van der Waals surface area contributed by atoms with Gasteiger partial charge in [0.15, 0.2) is 0 Å². The van der Waals surface area contributed by atoms with E-state index in [0.717, 1.165) is 6.42 Å². The first-order valence-corrected chi connectivity index (χ1v) is 7.42. The van der Waals surface area contributed by atoms with Crippen LogP contribution in [0, 0.1) is 0 Å². The fourth-order valence-corrected chi connectivity index (χ4v) is 2.07. The molecule has 122 valence electrons. The Morgan fingerprint density at radius 2 is 1.95 bits per heavy atom. The number of ether oxygens (including phenoxy) is 1. The first kappa shape index (κ1) is 18.3. The first-order chi connectivity index (χ1) is 10.5. The lowest BCUT2D eigenvalue weighted by Crippen LogP contribution is -2.39. The fourth-order valence-electron chi connectivity index (χ4n) is 1.81. The van der Waals surface area contributed by atoms with Gasteiger partial charge in [0, 0.05) is 12.2 Å². The molecule has 1 aromatic rings. The Bertz CT molecular complexity index is 523. The van der Waals surface area contributed by atoms with E-state index in [-0.39, 0.29) is 24.9 Å². The minimum absolute atomic E-state index is 0.0929. The molecule has 7 heteroatoms. The molecule has 2 amide bonds. The van der Waals surface area contributed by atoms with Gasteiger partial charge < -0.3 is 15.4 Å². The van der Waals surface area contributed by atoms with Crippen molar-refractivity contribution in [1.82, 2.24) is 10.2 Å². The minimum Gasteiger partial charge on any atom is -0.495 e. The molecule has 0 aliphatic carbocycles. The Hall–Kier alpha value is -1.79. The summed E-state index contributed by atoms with van der Waals surface area (Å²) >= 11 is 6.00. The SMILES string of the molecule is CCCNC(=O)CN(C)CC(=O)Nc1ccc(OC)c(Cl)c1. The zero-order valence-corrected chi connectivity index (χ0v) is 13.9. The Morgan fingerprint density at radius 3 is 2.55 bits per heavy atom. The second kappa shape index (κ2) is 9.27. The van der Waals surface area contributed by atoms with Crippen LogP contribution in [0.4, 0.5) is 5.69 Å². The molecule has 0 atom stereocenters. The molecule has 1 aromatic carbocycles. The minimum atomic E-state index is -0.216. The van der Waals surface area contributed by atoms with Crippen LogP contribution in [0.25, 0.3) is 0 Å². The van der Waals surface area contributed by atoms with E-state index in [9.17, 15) is 9.59 Å². The van der Waals surface area contributed by atoms with Gasteiger partial charge in [-0.15, -0.1) is 0 Å². The molecular weight excluding hydrogens is 306 g/mol. The Labute approximate surface area is 135 Å². The summed E-state index contributed by atoms with van der Waals surface area (Å²) in [6.07, 6.45) is 0.883. The van der Waals surface area contributed by atoms with Crippen molar-refractivity contribution < 1.29 is 14.3 Å². The number of hydrogen-bond acceptors (Lipinski definition) is 4. The number of carbonyl (C=O) groups is 2. The maximum absolute atomic E-state index is 11.9. The van der Waals surface area contributed by atoms with Gasteiger partial charge in [-0.2, -0.15) is 0 Å². The highest BCUT2D eigenvalue weighted by atomic mass is 35.5. The molecule has 0 fully saturated rings. The third-order valence-corrected chi connectivity index (χ3v) is 3.13. The van der Waals surface area contributed by atoms with Gasteiger partial charge in [-0.05, 0) is 31.7 Å². The number of halogens is 1. The van der Waals surface area contributed by atoms with Crippen LogP contribution in [-0.4, -0.2) is 50.5 Å². The number of nitrogens with zero attached hydrogens (tertiary/aromatic N) is 1. The summed E-state index contributed by atoms with van der Waals surface area (Å²) in [7, 11) is 3.24. The number of nitrogens with one attached hydrogen (secondary N) is 2. The molecule has 0 saturated carbocycles.